The molecule has 2 nitrogen and oxygen atoms in total. The maximum Gasteiger partial charge on any atom is 0.124 e. The van der Waals surface area contributed by atoms with E-state index in [1.807, 2.05) is 32.1 Å². The lowest BCUT2D eigenvalue weighted by Crippen LogP contribution is -2.15. The van der Waals surface area contributed by atoms with Crippen molar-refractivity contribution in [3.8, 4) is 5.75 Å². The zero-order chi connectivity index (χ0) is 12.0. The van der Waals surface area contributed by atoms with Gasteiger partial charge in [-0.15, -0.1) is 6.58 Å². The molecule has 1 rings (SSSR count). The molecule has 0 amide bonds. The van der Waals surface area contributed by atoms with Crippen molar-refractivity contribution in [2.75, 3.05) is 6.54 Å². The van der Waals surface area contributed by atoms with E-state index in [-0.39, 0.29) is 6.10 Å². The average molecular weight is 284 g/mol. The van der Waals surface area contributed by atoms with Gasteiger partial charge < -0.3 is 10.1 Å². The Balaban J connectivity index is 2.76. The molecule has 0 radical (unpaired) electrons. The Morgan fingerprint density at radius 1 is 1.50 bits per heavy atom. The summed E-state index contributed by atoms with van der Waals surface area (Å²) >= 11 is 3.47. The fourth-order valence-corrected chi connectivity index (χ4v) is 1.77. The van der Waals surface area contributed by atoms with Gasteiger partial charge in [0.1, 0.15) is 5.75 Å². The summed E-state index contributed by atoms with van der Waals surface area (Å²) in [5.74, 6) is 0.940. The molecule has 1 aromatic carbocycles. The van der Waals surface area contributed by atoms with Crippen LogP contribution in [0.25, 0.3) is 0 Å². The third kappa shape index (κ3) is 4.37. The molecule has 88 valence electrons. The molecule has 1 N–H and O–H groups in total. The van der Waals surface area contributed by atoms with Gasteiger partial charge in [0.15, 0.2) is 0 Å². The number of halogens is 1. The maximum absolute atomic E-state index is 5.74. The Hall–Kier alpha value is -0.800. The summed E-state index contributed by atoms with van der Waals surface area (Å²) in [6.07, 6.45) is 2.04. The van der Waals surface area contributed by atoms with Crippen LogP contribution < -0.4 is 10.1 Å². The third-order valence-corrected chi connectivity index (χ3v) is 2.48. The van der Waals surface area contributed by atoms with Crippen LogP contribution in [-0.2, 0) is 6.54 Å². The van der Waals surface area contributed by atoms with E-state index < -0.39 is 0 Å². The van der Waals surface area contributed by atoms with E-state index >= 15 is 0 Å². The van der Waals surface area contributed by atoms with Crippen LogP contribution in [0.5, 0.6) is 5.75 Å². The lowest BCUT2D eigenvalue weighted by Gasteiger charge is -2.14. The predicted octanol–water partition coefficient (Wildman–Crippen LogP) is 3.51. The molecule has 1 aromatic rings. The molecule has 0 aliphatic rings. The van der Waals surface area contributed by atoms with Gasteiger partial charge in [-0.3, -0.25) is 0 Å². The Kier molecular flexibility index (Phi) is 5.56. The summed E-state index contributed by atoms with van der Waals surface area (Å²) in [7, 11) is 0. The molecule has 0 spiro atoms. The number of hydrogen-bond donors (Lipinski definition) is 1. The molecular weight excluding hydrogens is 266 g/mol. The molecule has 0 unspecified atom stereocenters. The highest BCUT2D eigenvalue weighted by Crippen LogP contribution is 2.24. The normalized spacial score (nSPS) is 10.5. The van der Waals surface area contributed by atoms with Gasteiger partial charge >= 0.3 is 0 Å². The van der Waals surface area contributed by atoms with Gasteiger partial charge in [0.25, 0.3) is 0 Å². The van der Waals surface area contributed by atoms with Crippen molar-refractivity contribution in [3.05, 3.63) is 40.9 Å². The number of rotatable bonds is 6. The Bertz CT molecular complexity index is 350. The van der Waals surface area contributed by atoms with Gasteiger partial charge in [-0.2, -0.15) is 0 Å². The van der Waals surface area contributed by atoms with Crippen LogP contribution >= 0.6 is 15.9 Å². The Morgan fingerprint density at radius 2 is 2.25 bits per heavy atom. The second-order valence-corrected chi connectivity index (χ2v) is 4.75. The second-order valence-electron chi connectivity index (χ2n) is 3.84. The summed E-state index contributed by atoms with van der Waals surface area (Å²) < 4.78 is 6.81. The topological polar surface area (TPSA) is 21.3 Å². The first kappa shape index (κ1) is 13.3. The van der Waals surface area contributed by atoms with E-state index in [0.29, 0.717) is 0 Å². The lowest BCUT2D eigenvalue weighted by molar-refractivity contribution is 0.239. The zero-order valence-corrected chi connectivity index (χ0v) is 11.4. The number of ether oxygens (including phenoxy) is 1. The van der Waals surface area contributed by atoms with Gasteiger partial charge in [0, 0.05) is 23.1 Å². The Labute approximate surface area is 106 Å². The largest absolute Gasteiger partial charge is 0.491 e. The van der Waals surface area contributed by atoms with Crippen molar-refractivity contribution in [1.82, 2.24) is 5.32 Å². The zero-order valence-electron chi connectivity index (χ0n) is 9.79. The van der Waals surface area contributed by atoms with Gasteiger partial charge in [-0.25, -0.2) is 0 Å². The van der Waals surface area contributed by atoms with Crippen molar-refractivity contribution in [2.45, 2.75) is 26.5 Å². The molecule has 0 aliphatic carbocycles. The maximum atomic E-state index is 5.74. The SMILES string of the molecule is C=CCNCc1cc(Br)ccc1OC(C)C. The number of benzene rings is 1. The molecule has 0 saturated heterocycles. The predicted molar refractivity (Wildman–Crippen MR) is 71.8 cm³/mol. The van der Waals surface area contributed by atoms with E-state index in [0.717, 1.165) is 28.9 Å². The summed E-state index contributed by atoms with van der Waals surface area (Å²) in [6, 6.07) is 6.07. The quantitative estimate of drug-likeness (QED) is 0.637. The van der Waals surface area contributed by atoms with Crippen LogP contribution in [-0.4, -0.2) is 12.6 Å². The first-order valence-electron chi connectivity index (χ1n) is 5.40. The minimum Gasteiger partial charge on any atom is -0.491 e. The molecule has 0 aromatic heterocycles. The molecule has 16 heavy (non-hydrogen) atoms. The van der Waals surface area contributed by atoms with Crippen LogP contribution in [0.15, 0.2) is 35.3 Å². The average Bonchev–Trinajstić information content (AvgIpc) is 2.22. The van der Waals surface area contributed by atoms with Crippen LogP contribution in [0, 0.1) is 0 Å². The third-order valence-electron chi connectivity index (χ3n) is 1.99. The molecular formula is C13H18BrNO. The standard InChI is InChI=1S/C13H18BrNO/c1-4-7-15-9-11-8-12(14)5-6-13(11)16-10(2)3/h4-6,8,10,15H,1,7,9H2,2-3H3. The lowest BCUT2D eigenvalue weighted by atomic mass is 10.2. The highest BCUT2D eigenvalue weighted by Gasteiger charge is 2.05. The fourth-order valence-electron chi connectivity index (χ4n) is 1.36. The van der Waals surface area contributed by atoms with Crippen LogP contribution in [0.2, 0.25) is 0 Å². The summed E-state index contributed by atoms with van der Waals surface area (Å²) in [4.78, 5) is 0. The molecule has 0 heterocycles. The molecule has 0 aliphatic heterocycles. The fraction of sp³-hybridized carbons (Fsp3) is 0.385. The minimum absolute atomic E-state index is 0.194. The molecule has 0 fully saturated rings. The van der Waals surface area contributed by atoms with Crippen molar-refractivity contribution >= 4 is 15.9 Å². The van der Waals surface area contributed by atoms with Crippen molar-refractivity contribution in [3.63, 3.8) is 0 Å². The van der Waals surface area contributed by atoms with Gasteiger partial charge in [-0.1, -0.05) is 22.0 Å². The van der Waals surface area contributed by atoms with E-state index in [2.05, 4.69) is 33.9 Å². The van der Waals surface area contributed by atoms with E-state index in [1.165, 1.54) is 0 Å². The molecule has 0 saturated carbocycles. The van der Waals surface area contributed by atoms with Crippen molar-refractivity contribution in [2.24, 2.45) is 0 Å². The Morgan fingerprint density at radius 3 is 2.88 bits per heavy atom. The summed E-state index contributed by atoms with van der Waals surface area (Å²) in [6.45, 7) is 9.32. The second kappa shape index (κ2) is 6.71. The smallest absolute Gasteiger partial charge is 0.124 e. The molecule has 0 bridgehead atoms. The first-order valence-corrected chi connectivity index (χ1v) is 6.19. The number of hydrogen-bond acceptors (Lipinski definition) is 2. The van der Waals surface area contributed by atoms with Gasteiger partial charge in [0.05, 0.1) is 6.10 Å². The van der Waals surface area contributed by atoms with E-state index in [4.69, 9.17) is 4.74 Å². The highest BCUT2D eigenvalue weighted by atomic mass is 79.9. The number of nitrogens with one attached hydrogen (secondary N) is 1. The van der Waals surface area contributed by atoms with Crippen molar-refractivity contribution in [1.29, 1.82) is 0 Å². The van der Waals surface area contributed by atoms with Crippen LogP contribution in [0.1, 0.15) is 19.4 Å². The molecule has 3 heteroatoms. The summed E-state index contributed by atoms with van der Waals surface area (Å²) in [5, 5.41) is 3.27. The van der Waals surface area contributed by atoms with Crippen LogP contribution in [0.3, 0.4) is 0 Å². The minimum atomic E-state index is 0.194. The monoisotopic (exact) mass is 283 g/mol. The van der Waals surface area contributed by atoms with Crippen LogP contribution in [0.4, 0.5) is 0 Å². The summed E-state index contributed by atoms with van der Waals surface area (Å²) in [5.41, 5.74) is 1.16. The van der Waals surface area contributed by atoms with E-state index in [9.17, 15) is 0 Å². The first-order chi connectivity index (χ1) is 7.63. The van der Waals surface area contributed by atoms with E-state index in [1.54, 1.807) is 0 Å². The van der Waals surface area contributed by atoms with Gasteiger partial charge in [-0.05, 0) is 32.0 Å². The highest BCUT2D eigenvalue weighted by molar-refractivity contribution is 9.10. The molecule has 0 atom stereocenters. The van der Waals surface area contributed by atoms with Crippen molar-refractivity contribution < 1.29 is 4.74 Å². The van der Waals surface area contributed by atoms with Gasteiger partial charge in [0.2, 0.25) is 0 Å².